The molecule has 2 aromatic carbocycles. The van der Waals surface area contributed by atoms with Crippen LogP contribution in [-0.4, -0.2) is 11.6 Å². The second-order valence-corrected chi connectivity index (χ2v) is 5.27. The molecule has 3 aromatic rings. The van der Waals surface area contributed by atoms with Gasteiger partial charge in [0.1, 0.15) is 5.75 Å². The Morgan fingerprint density at radius 3 is 2.85 bits per heavy atom. The molecule has 0 saturated carbocycles. The van der Waals surface area contributed by atoms with Crippen molar-refractivity contribution in [2.45, 2.75) is 12.3 Å². The average molecular weight is 261 g/mol. The maximum Gasteiger partial charge on any atom is 0.138 e. The third-order valence-corrected chi connectivity index (χ3v) is 3.98. The van der Waals surface area contributed by atoms with Crippen molar-refractivity contribution in [3.63, 3.8) is 0 Å². The quantitative estimate of drug-likeness (QED) is 0.712. The fourth-order valence-corrected chi connectivity index (χ4v) is 2.84. The average Bonchev–Trinajstić information content (AvgIpc) is 2.48. The van der Waals surface area contributed by atoms with Gasteiger partial charge in [0.25, 0.3) is 0 Å². The first-order valence-corrected chi connectivity index (χ1v) is 6.95. The lowest BCUT2D eigenvalue weighted by Crippen LogP contribution is -2.23. The first-order valence-electron chi connectivity index (χ1n) is 6.95. The number of nitrogens with zero attached hydrogens (tertiary/aromatic N) is 1. The van der Waals surface area contributed by atoms with Crippen LogP contribution in [0, 0.1) is 0 Å². The fourth-order valence-electron chi connectivity index (χ4n) is 2.84. The van der Waals surface area contributed by atoms with Crippen LogP contribution in [0.2, 0.25) is 0 Å². The Morgan fingerprint density at radius 2 is 1.90 bits per heavy atom. The van der Waals surface area contributed by atoms with Crippen molar-refractivity contribution in [3.05, 3.63) is 71.9 Å². The molecule has 1 aromatic heterocycles. The van der Waals surface area contributed by atoms with Crippen LogP contribution in [0.25, 0.3) is 10.9 Å². The highest BCUT2D eigenvalue weighted by Crippen LogP contribution is 2.35. The van der Waals surface area contributed by atoms with Crippen LogP contribution < -0.4 is 4.74 Å². The highest BCUT2D eigenvalue weighted by atomic mass is 16.5. The van der Waals surface area contributed by atoms with Gasteiger partial charge in [-0.05, 0) is 29.7 Å². The van der Waals surface area contributed by atoms with Crippen LogP contribution in [0.15, 0.2) is 60.8 Å². The Hall–Kier alpha value is -2.35. The van der Waals surface area contributed by atoms with Gasteiger partial charge in [0.2, 0.25) is 0 Å². The number of rotatable bonds is 3. The Bertz CT molecular complexity index is 766. The predicted molar refractivity (Wildman–Crippen MR) is 80.1 cm³/mol. The number of fused-ring (bicyclic) bond motifs is 2. The summed E-state index contributed by atoms with van der Waals surface area (Å²) < 4.78 is 5.91. The zero-order valence-electron chi connectivity index (χ0n) is 11.1. The molecule has 0 amide bonds. The summed E-state index contributed by atoms with van der Waals surface area (Å²) in [6, 6.07) is 18.8. The molecule has 2 heteroatoms. The number of pyridine rings is 1. The lowest BCUT2D eigenvalue weighted by molar-refractivity contribution is 0.275. The molecule has 1 heterocycles. The van der Waals surface area contributed by atoms with Crippen molar-refractivity contribution in [3.8, 4) is 5.75 Å². The van der Waals surface area contributed by atoms with E-state index in [0.717, 1.165) is 29.7 Å². The molecule has 1 aliphatic carbocycles. The second-order valence-electron chi connectivity index (χ2n) is 5.27. The maximum atomic E-state index is 5.91. The van der Waals surface area contributed by atoms with Crippen LogP contribution in [0.1, 0.15) is 17.0 Å². The minimum absolute atomic E-state index is 0.526. The molecule has 0 fully saturated rings. The SMILES string of the molecule is c1ccc2c(c1)CC2COc1cnc2ccccc2c1. The fraction of sp³-hybridized carbons (Fsp3) is 0.167. The molecular weight excluding hydrogens is 246 g/mol. The molecule has 20 heavy (non-hydrogen) atoms. The van der Waals surface area contributed by atoms with E-state index >= 15 is 0 Å². The summed E-state index contributed by atoms with van der Waals surface area (Å²) in [6.45, 7) is 0.733. The number of benzene rings is 2. The lowest BCUT2D eigenvalue weighted by atomic mass is 9.78. The normalized spacial score (nSPS) is 16.5. The third kappa shape index (κ3) is 1.94. The summed E-state index contributed by atoms with van der Waals surface area (Å²) in [4.78, 5) is 4.42. The van der Waals surface area contributed by atoms with Gasteiger partial charge in [0.05, 0.1) is 18.3 Å². The first-order chi connectivity index (χ1) is 9.90. The van der Waals surface area contributed by atoms with Crippen LogP contribution in [0.4, 0.5) is 0 Å². The number of para-hydroxylation sites is 1. The number of ether oxygens (including phenoxy) is 1. The van der Waals surface area contributed by atoms with Gasteiger partial charge in [0, 0.05) is 11.3 Å². The molecule has 2 nitrogen and oxygen atoms in total. The molecular formula is C18H15NO. The van der Waals surface area contributed by atoms with Crippen LogP contribution in [0.5, 0.6) is 5.75 Å². The molecule has 0 radical (unpaired) electrons. The molecule has 0 N–H and O–H groups in total. The molecule has 1 aliphatic rings. The van der Waals surface area contributed by atoms with Crippen LogP contribution in [0.3, 0.4) is 0 Å². The van der Waals surface area contributed by atoms with Gasteiger partial charge in [0.15, 0.2) is 0 Å². The Kier molecular flexibility index (Phi) is 2.66. The van der Waals surface area contributed by atoms with Gasteiger partial charge in [-0.25, -0.2) is 0 Å². The minimum atomic E-state index is 0.526. The largest absolute Gasteiger partial charge is 0.491 e. The zero-order valence-corrected chi connectivity index (χ0v) is 11.1. The third-order valence-electron chi connectivity index (χ3n) is 3.98. The van der Waals surface area contributed by atoms with Gasteiger partial charge in [-0.3, -0.25) is 4.98 Å². The summed E-state index contributed by atoms with van der Waals surface area (Å²) in [6.07, 6.45) is 2.93. The molecule has 1 unspecified atom stereocenters. The van der Waals surface area contributed by atoms with Gasteiger partial charge >= 0.3 is 0 Å². The van der Waals surface area contributed by atoms with Gasteiger partial charge in [-0.2, -0.15) is 0 Å². The second kappa shape index (κ2) is 4.64. The maximum absolute atomic E-state index is 5.91. The van der Waals surface area contributed by atoms with Gasteiger partial charge in [-0.1, -0.05) is 42.5 Å². The Morgan fingerprint density at radius 1 is 1.05 bits per heavy atom. The van der Waals surface area contributed by atoms with Crippen LogP contribution in [-0.2, 0) is 6.42 Å². The minimum Gasteiger partial charge on any atom is -0.491 e. The van der Waals surface area contributed by atoms with E-state index < -0.39 is 0 Å². The van der Waals surface area contributed by atoms with Crippen LogP contribution >= 0.6 is 0 Å². The monoisotopic (exact) mass is 261 g/mol. The van der Waals surface area contributed by atoms with E-state index in [-0.39, 0.29) is 0 Å². The zero-order chi connectivity index (χ0) is 13.4. The smallest absolute Gasteiger partial charge is 0.138 e. The van der Waals surface area contributed by atoms with Gasteiger partial charge in [-0.15, -0.1) is 0 Å². The Balaban J connectivity index is 1.49. The van der Waals surface area contributed by atoms with Gasteiger partial charge < -0.3 is 4.74 Å². The lowest BCUT2D eigenvalue weighted by Gasteiger charge is -2.29. The highest BCUT2D eigenvalue weighted by molar-refractivity contribution is 5.79. The predicted octanol–water partition coefficient (Wildman–Crippen LogP) is 3.95. The number of hydrogen-bond acceptors (Lipinski definition) is 2. The van der Waals surface area contributed by atoms with E-state index in [1.54, 1.807) is 0 Å². The Labute approximate surface area is 118 Å². The van der Waals surface area contributed by atoms with E-state index in [4.69, 9.17) is 4.74 Å². The van der Waals surface area contributed by atoms with Crippen molar-refractivity contribution in [2.75, 3.05) is 6.61 Å². The van der Waals surface area contributed by atoms with E-state index in [0.29, 0.717) is 5.92 Å². The number of aromatic nitrogens is 1. The molecule has 1 atom stereocenters. The molecule has 0 aliphatic heterocycles. The molecule has 4 rings (SSSR count). The van der Waals surface area contributed by atoms with E-state index in [1.807, 2.05) is 24.4 Å². The van der Waals surface area contributed by atoms with Crippen molar-refractivity contribution < 1.29 is 4.74 Å². The van der Waals surface area contributed by atoms with E-state index in [9.17, 15) is 0 Å². The number of hydrogen-bond donors (Lipinski definition) is 0. The molecule has 0 bridgehead atoms. The molecule has 98 valence electrons. The van der Waals surface area contributed by atoms with E-state index in [2.05, 4.69) is 41.4 Å². The topological polar surface area (TPSA) is 22.1 Å². The van der Waals surface area contributed by atoms with Crippen molar-refractivity contribution in [1.29, 1.82) is 0 Å². The standard InChI is InChI=1S/C18H15NO/c1-3-7-17-13(5-1)9-15(17)12-20-16-10-14-6-2-4-8-18(14)19-11-16/h1-8,10-11,15H,9,12H2. The van der Waals surface area contributed by atoms with E-state index in [1.165, 1.54) is 11.1 Å². The summed E-state index contributed by atoms with van der Waals surface area (Å²) in [7, 11) is 0. The first kappa shape index (κ1) is 11.5. The molecule has 0 saturated heterocycles. The summed E-state index contributed by atoms with van der Waals surface area (Å²) in [5.74, 6) is 1.38. The summed E-state index contributed by atoms with van der Waals surface area (Å²) in [5, 5.41) is 1.12. The highest BCUT2D eigenvalue weighted by Gasteiger charge is 2.25. The van der Waals surface area contributed by atoms with Crippen molar-refractivity contribution in [2.24, 2.45) is 0 Å². The van der Waals surface area contributed by atoms with Crippen molar-refractivity contribution in [1.82, 2.24) is 4.98 Å². The summed E-state index contributed by atoms with van der Waals surface area (Å²) in [5.41, 5.74) is 3.90. The van der Waals surface area contributed by atoms with Crippen molar-refractivity contribution >= 4 is 10.9 Å². The summed E-state index contributed by atoms with van der Waals surface area (Å²) >= 11 is 0. The molecule has 0 spiro atoms.